The molecule has 1 aromatic carbocycles. The van der Waals surface area contributed by atoms with Crippen LogP contribution >= 0.6 is 11.8 Å². The number of thioether (sulfide) groups is 1. The van der Waals surface area contributed by atoms with E-state index in [0.29, 0.717) is 5.56 Å². The van der Waals surface area contributed by atoms with Crippen molar-refractivity contribution in [1.29, 1.82) is 0 Å². The van der Waals surface area contributed by atoms with Crippen LogP contribution in [0, 0.1) is 27.9 Å². The lowest BCUT2D eigenvalue weighted by atomic mass is 9.53. The van der Waals surface area contributed by atoms with E-state index in [4.69, 9.17) is 4.42 Å². The first-order valence-electron chi connectivity index (χ1n) is 10.0. The molecule has 1 aromatic heterocycles. The average molecular weight is 414 g/mol. The number of non-ortho nitro benzene ring substituents is 1. The summed E-state index contributed by atoms with van der Waals surface area (Å²) in [5.41, 5.74) is 0.441. The predicted octanol–water partition coefficient (Wildman–Crippen LogP) is 3.82. The van der Waals surface area contributed by atoms with Gasteiger partial charge in [-0.05, 0) is 62.3 Å². The number of carbonyl (C=O) groups is 1. The van der Waals surface area contributed by atoms with Crippen molar-refractivity contribution in [3.63, 3.8) is 0 Å². The van der Waals surface area contributed by atoms with Crippen molar-refractivity contribution in [2.75, 3.05) is 5.75 Å². The zero-order chi connectivity index (χ0) is 20.0. The van der Waals surface area contributed by atoms with Gasteiger partial charge in [0.15, 0.2) is 0 Å². The number of nitro groups is 1. The summed E-state index contributed by atoms with van der Waals surface area (Å²) in [5, 5.41) is 22.4. The zero-order valence-corrected chi connectivity index (χ0v) is 16.7. The Morgan fingerprint density at radius 3 is 2.55 bits per heavy atom. The van der Waals surface area contributed by atoms with Gasteiger partial charge in [-0.25, -0.2) is 0 Å². The SMILES string of the molecule is O=C(CSc1nnc(-c2cccc([N+](=O)[O-])c2)o1)NC12CC3CC(CC(C3)C1)C2. The molecule has 8 nitrogen and oxygen atoms in total. The summed E-state index contributed by atoms with van der Waals surface area (Å²) in [6, 6.07) is 6.05. The molecular formula is C20H22N4O4S. The Labute approximate surface area is 172 Å². The van der Waals surface area contributed by atoms with Gasteiger partial charge in [-0.1, -0.05) is 17.8 Å². The topological polar surface area (TPSA) is 111 Å². The van der Waals surface area contributed by atoms with Crippen LogP contribution in [0.1, 0.15) is 38.5 Å². The number of benzene rings is 1. The third-order valence-corrected chi connectivity index (χ3v) is 7.30. The Morgan fingerprint density at radius 1 is 1.21 bits per heavy atom. The molecule has 4 aliphatic rings. The molecule has 0 aliphatic heterocycles. The molecule has 1 N–H and O–H groups in total. The smallest absolute Gasteiger partial charge is 0.277 e. The van der Waals surface area contributed by atoms with E-state index < -0.39 is 4.92 Å². The molecule has 29 heavy (non-hydrogen) atoms. The Morgan fingerprint density at radius 2 is 1.90 bits per heavy atom. The number of rotatable bonds is 6. The van der Waals surface area contributed by atoms with Crippen LogP contribution in [0.3, 0.4) is 0 Å². The molecule has 4 aliphatic carbocycles. The lowest BCUT2D eigenvalue weighted by Gasteiger charge is -2.56. The molecule has 4 bridgehead atoms. The van der Waals surface area contributed by atoms with E-state index in [0.717, 1.165) is 37.0 Å². The molecule has 0 radical (unpaired) electrons. The van der Waals surface area contributed by atoms with E-state index in [1.165, 1.54) is 43.2 Å². The molecule has 4 fully saturated rings. The zero-order valence-electron chi connectivity index (χ0n) is 15.9. The standard InChI is InChI=1S/C20H22N4O4S/c25-17(21-20-8-12-4-13(9-20)6-14(5-12)10-20)11-29-19-23-22-18(28-19)15-2-1-3-16(7-15)24(26)27/h1-3,7,12-14H,4-6,8-11H2,(H,21,25). The summed E-state index contributed by atoms with van der Waals surface area (Å²) in [7, 11) is 0. The first-order valence-corrected chi connectivity index (χ1v) is 11.0. The molecule has 0 atom stereocenters. The van der Waals surface area contributed by atoms with Gasteiger partial charge in [-0.3, -0.25) is 14.9 Å². The first kappa shape index (κ1) is 18.6. The molecule has 0 unspecified atom stereocenters. The van der Waals surface area contributed by atoms with Crippen LogP contribution in [0.15, 0.2) is 33.9 Å². The summed E-state index contributed by atoms with van der Waals surface area (Å²) >= 11 is 1.20. The lowest BCUT2D eigenvalue weighted by molar-refractivity contribution is -0.384. The highest BCUT2D eigenvalue weighted by Gasteiger charge is 2.51. The second-order valence-electron chi connectivity index (χ2n) is 8.72. The fraction of sp³-hybridized carbons (Fsp3) is 0.550. The van der Waals surface area contributed by atoms with Gasteiger partial charge in [0.05, 0.1) is 10.7 Å². The maximum Gasteiger partial charge on any atom is 0.277 e. The van der Waals surface area contributed by atoms with E-state index in [1.807, 2.05) is 0 Å². The summed E-state index contributed by atoms with van der Waals surface area (Å²) in [5.74, 6) is 2.77. The average Bonchev–Trinajstić information content (AvgIpc) is 3.14. The summed E-state index contributed by atoms with van der Waals surface area (Å²) < 4.78 is 5.59. The largest absolute Gasteiger partial charge is 0.411 e. The van der Waals surface area contributed by atoms with Gasteiger partial charge in [0.25, 0.3) is 10.9 Å². The normalized spacial score (nSPS) is 29.7. The van der Waals surface area contributed by atoms with Crippen LogP contribution in [-0.2, 0) is 4.79 Å². The second-order valence-corrected chi connectivity index (χ2v) is 9.64. The molecule has 0 spiro atoms. The number of nitrogens with zero attached hydrogens (tertiary/aromatic N) is 3. The van der Waals surface area contributed by atoms with Gasteiger partial charge < -0.3 is 9.73 Å². The van der Waals surface area contributed by atoms with Gasteiger partial charge in [-0.15, -0.1) is 10.2 Å². The number of hydrogen-bond acceptors (Lipinski definition) is 7. The van der Waals surface area contributed by atoms with Crippen molar-refractivity contribution in [3.05, 3.63) is 34.4 Å². The van der Waals surface area contributed by atoms with E-state index in [2.05, 4.69) is 15.5 Å². The third kappa shape index (κ3) is 3.75. The minimum absolute atomic E-state index is 0.00459. The molecule has 152 valence electrons. The van der Waals surface area contributed by atoms with Gasteiger partial charge in [0.2, 0.25) is 11.8 Å². The number of nitro benzene ring substituents is 1. The predicted molar refractivity (Wildman–Crippen MR) is 106 cm³/mol. The maximum absolute atomic E-state index is 12.6. The summed E-state index contributed by atoms with van der Waals surface area (Å²) in [6.45, 7) is 0. The van der Waals surface area contributed by atoms with E-state index in [1.54, 1.807) is 12.1 Å². The second kappa shape index (κ2) is 7.12. The lowest BCUT2D eigenvalue weighted by Crippen LogP contribution is -2.60. The fourth-order valence-corrected chi connectivity index (χ4v) is 6.42. The quantitative estimate of drug-likeness (QED) is 0.434. The Hall–Kier alpha value is -2.42. The fourth-order valence-electron chi connectivity index (χ4n) is 5.86. The molecular weight excluding hydrogens is 392 g/mol. The van der Waals surface area contributed by atoms with Crippen molar-refractivity contribution < 1.29 is 14.1 Å². The number of nitrogens with one attached hydrogen (secondary N) is 1. The molecule has 2 aromatic rings. The molecule has 6 rings (SSSR count). The highest BCUT2D eigenvalue weighted by Crippen LogP contribution is 2.55. The van der Waals surface area contributed by atoms with E-state index >= 15 is 0 Å². The minimum Gasteiger partial charge on any atom is -0.411 e. The summed E-state index contributed by atoms with van der Waals surface area (Å²) in [6.07, 6.45) is 7.37. The number of amides is 1. The van der Waals surface area contributed by atoms with Crippen LogP contribution in [0.5, 0.6) is 0 Å². The molecule has 1 heterocycles. The molecule has 1 amide bonds. The van der Waals surface area contributed by atoms with Gasteiger partial charge >= 0.3 is 0 Å². The van der Waals surface area contributed by atoms with Crippen molar-refractivity contribution in [3.8, 4) is 11.5 Å². The minimum atomic E-state index is -0.468. The van der Waals surface area contributed by atoms with E-state index in [-0.39, 0.29) is 34.0 Å². The van der Waals surface area contributed by atoms with E-state index in [9.17, 15) is 14.9 Å². The first-order chi connectivity index (χ1) is 14.0. The molecule has 9 heteroatoms. The van der Waals surface area contributed by atoms with Crippen LogP contribution < -0.4 is 5.32 Å². The van der Waals surface area contributed by atoms with Crippen molar-refractivity contribution in [1.82, 2.24) is 15.5 Å². The van der Waals surface area contributed by atoms with Gasteiger partial charge in [-0.2, -0.15) is 0 Å². The van der Waals surface area contributed by atoms with Crippen LogP contribution in [0.2, 0.25) is 0 Å². The Kier molecular flexibility index (Phi) is 4.57. The van der Waals surface area contributed by atoms with Gasteiger partial charge in [0.1, 0.15) is 0 Å². The number of carbonyl (C=O) groups excluding carboxylic acids is 1. The molecule has 0 saturated heterocycles. The molecule has 4 saturated carbocycles. The van der Waals surface area contributed by atoms with Crippen LogP contribution in [-0.4, -0.2) is 32.3 Å². The third-order valence-electron chi connectivity index (χ3n) is 6.48. The number of aromatic nitrogens is 2. The van der Waals surface area contributed by atoms with Crippen LogP contribution in [0.25, 0.3) is 11.5 Å². The maximum atomic E-state index is 12.6. The number of hydrogen-bond donors (Lipinski definition) is 1. The van der Waals surface area contributed by atoms with Crippen molar-refractivity contribution >= 4 is 23.4 Å². The highest BCUT2D eigenvalue weighted by atomic mass is 32.2. The van der Waals surface area contributed by atoms with Crippen molar-refractivity contribution in [2.45, 2.75) is 49.3 Å². The van der Waals surface area contributed by atoms with Crippen LogP contribution in [0.4, 0.5) is 5.69 Å². The Balaban J connectivity index is 1.20. The monoisotopic (exact) mass is 414 g/mol. The summed E-state index contributed by atoms with van der Waals surface area (Å²) in [4.78, 5) is 23.1. The van der Waals surface area contributed by atoms with Gasteiger partial charge in [0, 0.05) is 23.2 Å². The Bertz CT molecular complexity index is 924. The highest BCUT2D eigenvalue weighted by molar-refractivity contribution is 7.99. The van der Waals surface area contributed by atoms with Crippen molar-refractivity contribution in [2.24, 2.45) is 17.8 Å².